The van der Waals surface area contributed by atoms with Crippen molar-refractivity contribution in [2.75, 3.05) is 6.61 Å². The number of hydrogen-bond donors (Lipinski definition) is 1. The fourth-order valence-electron chi connectivity index (χ4n) is 3.16. The fourth-order valence-corrected chi connectivity index (χ4v) is 3.16. The molecule has 2 unspecified atom stereocenters. The van der Waals surface area contributed by atoms with Crippen molar-refractivity contribution < 1.29 is 4.74 Å². The van der Waals surface area contributed by atoms with Gasteiger partial charge in [0.25, 0.3) is 0 Å². The molecular weight excluding hydrogens is 250 g/mol. The molecule has 0 bridgehead atoms. The van der Waals surface area contributed by atoms with Crippen LogP contribution >= 0.6 is 0 Å². The van der Waals surface area contributed by atoms with E-state index in [1.165, 1.54) is 29.8 Å². The molecule has 4 nitrogen and oxygen atoms in total. The van der Waals surface area contributed by atoms with Crippen LogP contribution in [-0.2, 0) is 24.1 Å². The van der Waals surface area contributed by atoms with E-state index in [1.54, 1.807) is 0 Å². The van der Waals surface area contributed by atoms with Crippen molar-refractivity contribution in [3.05, 3.63) is 17.0 Å². The van der Waals surface area contributed by atoms with E-state index in [9.17, 15) is 0 Å². The van der Waals surface area contributed by atoms with Crippen molar-refractivity contribution in [2.24, 2.45) is 5.73 Å². The number of aromatic nitrogens is 2. The van der Waals surface area contributed by atoms with E-state index in [2.05, 4.69) is 25.5 Å². The molecule has 20 heavy (non-hydrogen) atoms. The SMILES string of the molecule is CCc1nn(CCC2CCCO2)c(CC)c1C(N)CC. The van der Waals surface area contributed by atoms with E-state index >= 15 is 0 Å². The van der Waals surface area contributed by atoms with Crippen LogP contribution in [0, 0.1) is 0 Å². The number of rotatable bonds is 7. The Labute approximate surface area is 122 Å². The average molecular weight is 279 g/mol. The van der Waals surface area contributed by atoms with Crippen molar-refractivity contribution in [3.63, 3.8) is 0 Å². The summed E-state index contributed by atoms with van der Waals surface area (Å²) in [6, 6.07) is 0.122. The number of aryl methyl sites for hydroxylation is 2. The Kier molecular flexibility index (Phi) is 5.61. The molecule has 0 spiro atoms. The lowest BCUT2D eigenvalue weighted by atomic mass is 10.00. The first-order valence-corrected chi connectivity index (χ1v) is 8.16. The summed E-state index contributed by atoms with van der Waals surface area (Å²) in [4.78, 5) is 0. The Morgan fingerprint density at radius 1 is 1.35 bits per heavy atom. The maximum absolute atomic E-state index is 6.30. The Morgan fingerprint density at radius 3 is 2.70 bits per heavy atom. The second-order valence-electron chi connectivity index (χ2n) is 5.68. The highest BCUT2D eigenvalue weighted by molar-refractivity contribution is 5.30. The molecular formula is C16H29N3O. The minimum Gasteiger partial charge on any atom is -0.378 e. The number of nitrogens with two attached hydrogens (primary N) is 1. The smallest absolute Gasteiger partial charge is 0.0672 e. The van der Waals surface area contributed by atoms with Gasteiger partial charge in [-0.15, -0.1) is 0 Å². The van der Waals surface area contributed by atoms with Crippen LogP contribution in [0.1, 0.15) is 69.4 Å². The molecule has 1 aromatic rings. The Morgan fingerprint density at radius 2 is 2.15 bits per heavy atom. The van der Waals surface area contributed by atoms with E-state index in [-0.39, 0.29) is 6.04 Å². The molecule has 0 aliphatic carbocycles. The van der Waals surface area contributed by atoms with Gasteiger partial charge in [-0.25, -0.2) is 0 Å². The predicted octanol–water partition coefficient (Wildman–Crippen LogP) is 2.99. The molecule has 1 aliphatic heterocycles. The number of ether oxygens (including phenoxy) is 1. The lowest BCUT2D eigenvalue weighted by Gasteiger charge is -2.14. The molecule has 2 atom stereocenters. The monoisotopic (exact) mass is 279 g/mol. The topological polar surface area (TPSA) is 53.1 Å². The third-order valence-electron chi connectivity index (χ3n) is 4.34. The molecule has 0 aromatic carbocycles. The summed E-state index contributed by atoms with van der Waals surface area (Å²) in [7, 11) is 0. The molecule has 114 valence electrons. The predicted molar refractivity (Wildman–Crippen MR) is 81.8 cm³/mol. The number of nitrogens with zero attached hydrogens (tertiary/aromatic N) is 2. The van der Waals surface area contributed by atoms with E-state index in [4.69, 9.17) is 15.6 Å². The van der Waals surface area contributed by atoms with Crippen molar-refractivity contribution in [1.29, 1.82) is 0 Å². The lowest BCUT2D eigenvalue weighted by molar-refractivity contribution is 0.0992. The van der Waals surface area contributed by atoms with Gasteiger partial charge < -0.3 is 10.5 Å². The molecule has 0 saturated carbocycles. The highest BCUT2D eigenvalue weighted by Crippen LogP contribution is 2.25. The van der Waals surface area contributed by atoms with Crippen molar-refractivity contribution in [3.8, 4) is 0 Å². The molecule has 2 rings (SSSR count). The van der Waals surface area contributed by atoms with Gasteiger partial charge in [0, 0.05) is 30.5 Å². The van der Waals surface area contributed by atoms with Crippen LogP contribution in [0.2, 0.25) is 0 Å². The van der Waals surface area contributed by atoms with E-state index in [0.717, 1.165) is 38.8 Å². The van der Waals surface area contributed by atoms with Crippen LogP contribution in [0.3, 0.4) is 0 Å². The molecule has 1 aromatic heterocycles. The Balaban J connectivity index is 2.16. The quantitative estimate of drug-likeness (QED) is 0.835. The zero-order chi connectivity index (χ0) is 14.5. The zero-order valence-corrected chi connectivity index (χ0v) is 13.2. The molecule has 0 amide bonds. The fraction of sp³-hybridized carbons (Fsp3) is 0.812. The van der Waals surface area contributed by atoms with Crippen LogP contribution < -0.4 is 5.73 Å². The second-order valence-corrected chi connectivity index (χ2v) is 5.68. The van der Waals surface area contributed by atoms with Crippen LogP contribution in [-0.4, -0.2) is 22.5 Å². The van der Waals surface area contributed by atoms with Crippen LogP contribution in [0.15, 0.2) is 0 Å². The van der Waals surface area contributed by atoms with Gasteiger partial charge in [0.2, 0.25) is 0 Å². The van der Waals surface area contributed by atoms with Gasteiger partial charge in [-0.05, 0) is 38.5 Å². The molecule has 4 heteroatoms. The van der Waals surface area contributed by atoms with Gasteiger partial charge in [-0.3, -0.25) is 4.68 Å². The van der Waals surface area contributed by atoms with E-state index in [1.807, 2.05) is 0 Å². The molecule has 1 fully saturated rings. The lowest BCUT2D eigenvalue weighted by Crippen LogP contribution is -2.15. The molecule has 2 heterocycles. The largest absolute Gasteiger partial charge is 0.378 e. The van der Waals surface area contributed by atoms with E-state index in [0.29, 0.717) is 6.10 Å². The van der Waals surface area contributed by atoms with Gasteiger partial charge in [-0.1, -0.05) is 20.8 Å². The first-order valence-electron chi connectivity index (χ1n) is 8.16. The third-order valence-corrected chi connectivity index (χ3v) is 4.34. The van der Waals surface area contributed by atoms with Crippen molar-refractivity contribution >= 4 is 0 Å². The standard InChI is InChI=1S/C16H29N3O/c1-4-13(17)16-14(5-2)18-19(15(16)6-3)10-9-12-8-7-11-20-12/h12-13H,4-11,17H2,1-3H3. The van der Waals surface area contributed by atoms with Crippen LogP contribution in [0.25, 0.3) is 0 Å². The van der Waals surface area contributed by atoms with Gasteiger partial charge in [0.15, 0.2) is 0 Å². The molecule has 1 aliphatic rings. The maximum Gasteiger partial charge on any atom is 0.0672 e. The first kappa shape index (κ1) is 15.5. The van der Waals surface area contributed by atoms with Gasteiger partial charge in [0.05, 0.1) is 11.8 Å². The highest BCUT2D eigenvalue weighted by Gasteiger charge is 2.21. The minimum atomic E-state index is 0.122. The Bertz CT molecular complexity index is 422. The van der Waals surface area contributed by atoms with Crippen LogP contribution in [0.4, 0.5) is 0 Å². The zero-order valence-electron chi connectivity index (χ0n) is 13.2. The van der Waals surface area contributed by atoms with Gasteiger partial charge >= 0.3 is 0 Å². The van der Waals surface area contributed by atoms with Gasteiger partial charge in [-0.2, -0.15) is 5.10 Å². The summed E-state index contributed by atoms with van der Waals surface area (Å²) >= 11 is 0. The normalized spacial score (nSPS) is 20.5. The summed E-state index contributed by atoms with van der Waals surface area (Å²) < 4.78 is 7.90. The molecule has 0 radical (unpaired) electrons. The third kappa shape index (κ3) is 3.23. The van der Waals surface area contributed by atoms with Gasteiger partial charge in [0.1, 0.15) is 0 Å². The summed E-state index contributed by atoms with van der Waals surface area (Å²) in [6.45, 7) is 8.39. The summed E-state index contributed by atoms with van der Waals surface area (Å²) in [5, 5.41) is 4.81. The van der Waals surface area contributed by atoms with Crippen molar-refractivity contribution in [2.45, 2.75) is 78.0 Å². The Hall–Kier alpha value is -0.870. The number of hydrogen-bond acceptors (Lipinski definition) is 3. The average Bonchev–Trinajstić information content (AvgIpc) is 3.10. The minimum absolute atomic E-state index is 0.122. The van der Waals surface area contributed by atoms with Crippen LogP contribution in [0.5, 0.6) is 0 Å². The summed E-state index contributed by atoms with van der Waals surface area (Å²) in [5.74, 6) is 0. The van der Waals surface area contributed by atoms with E-state index < -0.39 is 0 Å². The molecule has 1 saturated heterocycles. The summed E-state index contributed by atoms with van der Waals surface area (Å²) in [6.07, 6.45) is 6.83. The molecule has 2 N–H and O–H groups in total. The first-order chi connectivity index (χ1) is 9.71. The highest BCUT2D eigenvalue weighted by atomic mass is 16.5. The second kappa shape index (κ2) is 7.23. The van der Waals surface area contributed by atoms with Crippen molar-refractivity contribution in [1.82, 2.24) is 9.78 Å². The summed E-state index contributed by atoms with van der Waals surface area (Å²) in [5.41, 5.74) is 10.1. The maximum atomic E-state index is 6.30.